The smallest absolute Gasteiger partial charge is 0.276 e. The number of hydrogen-bond donors (Lipinski definition) is 4. The van der Waals surface area contributed by atoms with Crippen LogP contribution in [-0.4, -0.2) is 30.6 Å². The van der Waals surface area contributed by atoms with E-state index in [2.05, 4.69) is 21.5 Å². The Bertz CT molecular complexity index is 490. The molecule has 2 amide bonds. The molecule has 0 heterocycles. The number of carbonyl (C=O) groups excluding carboxylic acids is 2. The standard InChI is InChI=1S/C12H16N4O3S/c1-8(17)14-9-3-5-10(6-4-9)19-7-11(18)15-16-12(20)13-2/h3-6H,7H2,1-2H3,(H,14,17)(H,15,18)(H2,13,16,20). The van der Waals surface area contributed by atoms with Crippen LogP contribution in [-0.2, 0) is 9.59 Å². The summed E-state index contributed by atoms with van der Waals surface area (Å²) in [5.74, 6) is 0.00334. The van der Waals surface area contributed by atoms with Gasteiger partial charge in [-0.25, -0.2) is 0 Å². The van der Waals surface area contributed by atoms with E-state index in [0.717, 1.165) is 0 Å². The average Bonchev–Trinajstić information content (AvgIpc) is 2.43. The molecule has 8 heteroatoms. The Hall–Kier alpha value is -2.35. The van der Waals surface area contributed by atoms with Gasteiger partial charge in [-0.2, -0.15) is 0 Å². The van der Waals surface area contributed by atoms with E-state index in [1.807, 2.05) is 0 Å². The molecule has 0 radical (unpaired) electrons. The zero-order chi connectivity index (χ0) is 15.0. The minimum atomic E-state index is -0.367. The Morgan fingerprint density at radius 3 is 2.40 bits per heavy atom. The first kappa shape index (κ1) is 15.7. The summed E-state index contributed by atoms with van der Waals surface area (Å²) >= 11 is 4.79. The molecule has 0 aliphatic rings. The molecule has 0 aromatic heterocycles. The van der Waals surface area contributed by atoms with Crippen molar-refractivity contribution in [2.24, 2.45) is 0 Å². The van der Waals surface area contributed by atoms with Crippen molar-refractivity contribution in [2.45, 2.75) is 6.92 Å². The monoisotopic (exact) mass is 296 g/mol. The Morgan fingerprint density at radius 1 is 1.20 bits per heavy atom. The Kier molecular flexibility index (Phi) is 6.24. The van der Waals surface area contributed by atoms with E-state index in [1.54, 1.807) is 31.3 Å². The predicted octanol–water partition coefficient (Wildman–Crippen LogP) is 0.149. The maximum atomic E-state index is 11.4. The molecule has 1 aromatic rings. The van der Waals surface area contributed by atoms with Crippen LogP contribution in [0.1, 0.15) is 6.92 Å². The molecule has 0 spiro atoms. The van der Waals surface area contributed by atoms with Crippen molar-refractivity contribution in [3.63, 3.8) is 0 Å². The molecule has 0 aliphatic heterocycles. The van der Waals surface area contributed by atoms with Crippen LogP contribution in [0, 0.1) is 0 Å². The van der Waals surface area contributed by atoms with Gasteiger partial charge < -0.3 is 15.4 Å². The van der Waals surface area contributed by atoms with Gasteiger partial charge in [0, 0.05) is 19.7 Å². The van der Waals surface area contributed by atoms with Gasteiger partial charge in [0.15, 0.2) is 11.7 Å². The first-order valence-electron chi connectivity index (χ1n) is 5.78. The molecular formula is C12H16N4O3S. The molecule has 0 saturated heterocycles. The second kappa shape index (κ2) is 7.95. The summed E-state index contributed by atoms with van der Waals surface area (Å²) in [4.78, 5) is 22.3. The Morgan fingerprint density at radius 2 is 1.85 bits per heavy atom. The van der Waals surface area contributed by atoms with E-state index in [1.165, 1.54) is 6.92 Å². The van der Waals surface area contributed by atoms with Crippen LogP contribution >= 0.6 is 12.2 Å². The molecule has 0 aliphatic carbocycles. The number of benzene rings is 1. The van der Waals surface area contributed by atoms with Gasteiger partial charge in [0.25, 0.3) is 5.91 Å². The van der Waals surface area contributed by atoms with Gasteiger partial charge in [-0.3, -0.25) is 20.4 Å². The number of carbonyl (C=O) groups is 2. The minimum Gasteiger partial charge on any atom is -0.484 e. The summed E-state index contributed by atoms with van der Waals surface area (Å²) in [5.41, 5.74) is 5.52. The highest BCUT2D eigenvalue weighted by molar-refractivity contribution is 7.80. The highest BCUT2D eigenvalue weighted by Gasteiger charge is 2.03. The quantitative estimate of drug-likeness (QED) is 0.467. The minimum absolute atomic E-state index is 0.148. The molecule has 0 saturated carbocycles. The van der Waals surface area contributed by atoms with Gasteiger partial charge in [0.05, 0.1) is 0 Å². The lowest BCUT2D eigenvalue weighted by molar-refractivity contribution is -0.123. The first-order chi connectivity index (χ1) is 9.51. The number of hydrazine groups is 1. The summed E-state index contributed by atoms with van der Waals surface area (Å²) in [6, 6.07) is 6.68. The van der Waals surface area contributed by atoms with Crippen LogP contribution in [0.5, 0.6) is 5.75 Å². The lowest BCUT2D eigenvalue weighted by Gasteiger charge is -2.10. The molecule has 1 aromatic carbocycles. The van der Waals surface area contributed by atoms with Crippen molar-refractivity contribution in [1.29, 1.82) is 0 Å². The number of anilines is 1. The van der Waals surface area contributed by atoms with Crippen LogP contribution < -0.4 is 26.2 Å². The normalized spacial score (nSPS) is 9.30. The third-order valence-corrected chi connectivity index (χ3v) is 2.39. The van der Waals surface area contributed by atoms with Gasteiger partial charge in [-0.1, -0.05) is 0 Å². The van der Waals surface area contributed by atoms with E-state index < -0.39 is 0 Å². The molecule has 0 bridgehead atoms. The molecule has 0 atom stereocenters. The van der Waals surface area contributed by atoms with Gasteiger partial charge in [0.2, 0.25) is 5.91 Å². The number of nitrogens with one attached hydrogen (secondary N) is 4. The number of amides is 2. The molecule has 0 unspecified atom stereocenters. The van der Waals surface area contributed by atoms with Gasteiger partial charge >= 0.3 is 0 Å². The van der Waals surface area contributed by atoms with Crippen LogP contribution in [0.2, 0.25) is 0 Å². The Balaban J connectivity index is 2.36. The van der Waals surface area contributed by atoms with E-state index in [4.69, 9.17) is 17.0 Å². The number of rotatable bonds is 4. The fourth-order valence-corrected chi connectivity index (χ4v) is 1.26. The fraction of sp³-hybridized carbons (Fsp3) is 0.250. The van der Waals surface area contributed by atoms with Gasteiger partial charge in [-0.05, 0) is 36.5 Å². The zero-order valence-electron chi connectivity index (χ0n) is 11.1. The zero-order valence-corrected chi connectivity index (χ0v) is 12.0. The summed E-state index contributed by atoms with van der Waals surface area (Å²) in [7, 11) is 1.63. The molecule has 1 rings (SSSR count). The van der Waals surface area contributed by atoms with Gasteiger partial charge in [-0.15, -0.1) is 0 Å². The summed E-state index contributed by atoms with van der Waals surface area (Å²) < 4.78 is 5.27. The van der Waals surface area contributed by atoms with Gasteiger partial charge in [0.1, 0.15) is 5.75 Å². The van der Waals surface area contributed by atoms with E-state index >= 15 is 0 Å². The van der Waals surface area contributed by atoms with E-state index in [-0.39, 0.29) is 18.4 Å². The summed E-state index contributed by atoms with van der Waals surface area (Å²) in [6.45, 7) is 1.27. The summed E-state index contributed by atoms with van der Waals surface area (Å²) in [5, 5.41) is 5.58. The van der Waals surface area contributed by atoms with Crippen molar-refractivity contribution in [2.75, 3.05) is 19.0 Å². The summed E-state index contributed by atoms with van der Waals surface area (Å²) in [6.07, 6.45) is 0. The third kappa shape index (κ3) is 6.01. The van der Waals surface area contributed by atoms with Crippen LogP contribution in [0.25, 0.3) is 0 Å². The van der Waals surface area contributed by atoms with E-state index in [9.17, 15) is 9.59 Å². The molecule has 20 heavy (non-hydrogen) atoms. The second-order valence-corrected chi connectivity index (χ2v) is 4.15. The van der Waals surface area contributed by atoms with Crippen LogP contribution in [0.3, 0.4) is 0 Å². The second-order valence-electron chi connectivity index (χ2n) is 3.75. The lowest BCUT2D eigenvalue weighted by atomic mass is 10.3. The van der Waals surface area contributed by atoms with Crippen molar-refractivity contribution in [3.8, 4) is 5.75 Å². The highest BCUT2D eigenvalue weighted by Crippen LogP contribution is 2.15. The van der Waals surface area contributed by atoms with Crippen molar-refractivity contribution in [3.05, 3.63) is 24.3 Å². The molecule has 0 fully saturated rings. The van der Waals surface area contributed by atoms with Crippen molar-refractivity contribution < 1.29 is 14.3 Å². The fourth-order valence-electron chi connectivity index (χ4n) is 1.21. The molecule has 108 valence electrons. The number of thiocarbonyl (C=S) groups is 1. The number of hydrogen-bond acceptors (Lipinski definition) is 4. The molecule has 7 nitrogen and oxygen atoms in total. The van der Waals surface area contributed by atoms with Crippen LogP contribution in [0.15, 0.2) is 24.3 Å². The predicted molar refractivity (Wildman–Crippen MR) is 79.2 cm³/mol. The highest BCUT2D eigenvalue weighted by atomic mass is 32.1. The van der Waals surface area contributed by atoms with Crippen molar-refractivity contribution in [1.82, 2.24) is 16.2 Å². The average molecular weight is 296 g/mol. The maximum absolute atomic E-state index is 11.4. The SMILES string of the molecule is CNC(=S)NNC(=O)COc1ccc(NC(C)=O)cc1. The lowest BCUT2D eigenvalue weighted by Crippen LogP contribution is -2.47. The maximum Gasteiger partial charge on any atom is 0.276 e. The topological polar surface area (TPSA) is 91.5 Å². The first-order valence-corrected chi connectivity index (χ1v) is 6.19. The van der Waals surface area contributed by atoms with E-state index in [0.29, 0.717) is 16.5 Å². The molecule has 4 N–H and O–H groups in total. The third-order valence-electron chi connectivity index (χ3n) is 2.09. The van der Waals surface area contributed by atoms with Crippen LogP contribution in [0.4, 0.5) is 5.69 Å². The largest absolute Gasteiger partial charge is 0.484 e. The molecular weight excluding hydrogens is 280 g/mol. The van der Waals surface area contributed by atoms with Crippen molar-refractivity contribution >= 4 is 34.8 Å². The Labute approximate surface area is 122 Å². The number of ether oxygens (including phenoxy) is 1.